The summed E-state index contributed by atoms with van der Waals surface area (Å²) in [5.74, 6) is 1.20. The normalized spacial score (nSPS) is 16.4. The smallest absolute Gasteiger partial charge is 0.231 e. The van der Waals surface area contributed by atoms with Gasteiger partial charge in [0.05, 0.1) is 0 Å². The van der Waals surface area contributed by atoms with Gasteiger partial charge in [0.2, 0.25) is 17.2 Å². The summed E-state index contributed by atoms with van der Waals surface area (Å²) in [4.78, 5) is 44.2. The van der Waals surface area contributed by atoms with Crippen molar-refractivity contribution in [2.45, 2.75) is 0 Å². The molecule has 2 saturated heterocycles. The van der Waals surface area contributed by atoms with E-state index in [1.807, 2.05) is 48.5 Å². The fraction of sp³-hybridized carbons (Fsp3) is 0.320. The van der Waals surface area contributed by atoms with E-state index >= 15 is 0 Å². The van der Waals surface area contributed by atoms with E-state index in [2.05, 4.69) is 29.6 Å². The Morgan fingerprint density at radius 3 is 1.23 bits per heavy atom. The highest BCUT2D eigenvalue weighted by atomic mass is 35.5. The maximum atomic E-state index is 10.9. The van der Waals surface area contributed by atoms with Gasteiger partial charge in [-0.25, -0.2) is 0 Å². The summed E-state index contributed by atoms with van der Waals surface area (Å²) in [6, 6.07) is 15.3. The number of hydrogen-bond acceptors (Lipinski definition) is 9. The molecule has 0 saturated carbocycles. The van der Waals surface area contributed by atoms with Crippen LogP contribution in [0.25, 0.3) is 0 Å². The van der Waals surface area contributed by atoms with Gasteiger partial charge in [0.25, 0.3) is 0 Å². The first-order valence-electron chi connectivity index (χ1n) is 11.6. The Labute approximate surface area is 209 Å². The van der Waals surface area contributed by atoms with Gasteiger partial charge in [-0.15, -0.1) is 0 Å². The molecule has 0 amide bonds. The molecule has 2 fully saturated rings. The molecule has 2 aliphatic rings. The average molecular weight is 492 g/mol. The Hall–Kier alpha value is -3.72. The molecule has 3 aromatic rings. The van der Waals surface area contributed by atoms with Crippen molar-refractivity contribution in [2.24, 2.45) is 0 Å². The van der Waals surface area contributed by atoms with Crippen LogP contribution in [0.15, 0.2) is 48.5 Å². The SMILES string of the molecule is O=Cc1ccc(N2CCN(c3nc(Cl)nc(N4CCN(c5ccc(C=O)cc5)CC4)n3)CC2)cc1. The number of aldehydes is 2. The zero-order valence-corrected chi connectivity index (χ0v) is 20.0. The van der Waals surface area contributed by atoms with E-state index in [9.17, 15) is 9.59 Å². The van der Waals surface area contributed by atoms with Crippen LogP contribution in [0.2, 0.25) is 5.28 Å². The Kier molecular flexibility index (Phi) is 6.76. The van der Waals surface area contributed by atoms with Crippen molar-refractivity contribution in [3.63, 3.8) is 0 Å². The molecule has 35 heavy (non-hydrogen) atoms. The van der Waals surface area contributed by atoms with Crippen LogP contribution in [0.5, 0.6) is 0 Å². The van der Waals surface area contributed by atoms with E-state index in [4.69, 9.17) is 16.6 Å². The van der Waals surface area contributed by atoms with Gasteiger partial charge in [-0.1, -0.05) is 0 Å². The molecule has 2 aliphatic heterocycles. The third kappa shape index (κ3) is 5.19. The summed E-state index contributed by atoms with van der Waals surface area (Å²) in [5.41, 5.74) is 3.55. The molecule has 2 aromatic carbocycles. The molecule has 0 unspecified atom stereocenters. The lowest BCUT2D eigenvalue weighted by atomic mass is 10.2. The van der Waals surface area contributed by atoms with Crippen LogP contribution in [0.1, 0.15) is 20.7 Å². The highest BCUT2D eigenvalue weighted by molar-refractivity contribution is 6.28. The lowest BCUT2D eigenvalue weighted by Gasteiger charge is -2.37. The minimum Gasteiger partial charge on any atom is -0.368 e. The number of carbonyl (C=O) groups is 2. The van der Waals surface area contributed by atoms with E-state index in [1.165, 1.54) is 0 Å². The highest BCUT2D eigenvalue weighted by Crippen LogP contribution is 2.23. The van der Waals surface area contributed by atoms with Crippen molar-refractivity contribution in [1.29, 1.82) is 0 Å². The molecule has 0 spiro atoms. The molecular weight excluding hydrogens is 466 g/mol. The summed E-state index contributed by atoms with van der Waals surface area (Å²) in [7, 11) is 0. The van der Waals surface area contributed by atoms with Gasteiger partial charge in [0, 0.05) is 74.9 Å². The molecule has 0 N–H and O–H groups in total. The largest absolute Gasteiger partial charge is 0.368 e. The number of carbonyl (C=O) groups excluding carboxylic acids is 2. The van der Waals surface area contributed by atoms with E-state index in [0.717, 1.165) is 76.3 Å². The predicted octanol–water partition coefficient (Wildman–Crippen LogP) is 2.80. The second-order valence-electron chi connectivity index (χ2n) is 8.57. The summed E-state index contributed by atoms with van der Waals surface area (Å²) in [6.45, 7) is 6.33. The Balaban J connectivity index is 1.21. The fourth-order valence-electron chi connectivity index (χ4n) is 4.47. The van der Waals surface area contributed by atoms with Gasteiger partial charge in [-0.05, 0) is 60.1 Å². The minimum atomic E-state index is 0.198. The van der Waals surface area contributed by atoms with E-state index in [1.54, 1.807) is 0 Å². The van der Waals surface area contributed by atoms with Gasteiger partial charge in [0.15, 0.2) is 0 Å². The predicted molar refractivity (Wildman–Crippen MR) is 137 cm³/mol. The van der Waals surface area contributed by atoms with Gasteiger partial charge in [-0.2, -0.15) is 15.0 Å². The molecule has 0 bridgehead atoms. The number of piperazine rings is 2. The third-order valence-electron chi connectivity index (χ3n) is 6.50. The van der Waals surface area contributed by atoms with Crippen molar-refractivity contribution >= 4 is 47.4 Å². The second kappa shape index (κ2) is 10.3. The number of benzene rings is 2. The molecule has 3 heterocycles. The number of halogens is 1. The molecule has 1 aromatic heterocycles. The molecule has 0 aliphatic carbocycles. The Bertz CT molecular complexity index is 1080. The quantitative estimate of drug-likeness (QED) is 0.483. The summed E-state index contributed by atoms with van der Waals surface area (Å²) < 4.78 is 0. The molecule has 180 valence electrons. The molecule has 0 atom stereocenters. The zero-order chi connectivity index (χ0) is 24.2. The fourth-order valence-corrected chi connectivity index (χ4v) is 4.62. The number of nitrogens with zero attached hydrogens (tertiary/aromatic N) is 7. The first kappa shape index (κ1) is 23.0. The van der Waals surface area contributed by atoms with Crippen LogP contribution in [-0.4, -0.2) is 79.9 Å². The standard InChI is InChI=1S/C25H26ClN7O2/c26-23-27-24(32-13-9-30(10-14-32)21-5-1-19(17-34)2-6-21)29-25(28-23)33-15-11-31(12-16-33)22-7-3-20(18-35)4-8-22/h1-8,17-18H,9-16H2. The van der Waals surface area contributed by atoms with Gasteiger partial charge in [0.1, 0.15) is 12.6 Å². The maximum Gasteiger partial charge on any atom is 0.231 e. The van der Waals surface area contributed by atoms with Crippen molar-refractivity contribution in [3.05, 3.63) is 64.9 Å². The van der Waals surface area contributed by atoms with Crippen molar-refractivity contribution < 1.29 is 9.59 Å². The molecule has 0 radical (unpaired) electrons. The lowest BCUT2D eigenvalue weighted by molar-refractivity contribution is 0.111. The molecule has 10 heteroatoms. The molecule has 5 rings (SSSR count). The summed E-state index contributed by atoms with van der Waals surface area (Å²) in [5, 5.41) is 0.198. The van der Waals surface area contributed by atoms with Crippen LogP contribution in [0.3, 0.4) is 0 Å². The van der Waals surface area contributed by atoms with Crippen LogP contribution in [0.4, 0.5) is 23.3 Å². The van der Waals surface area contributed by atoms with E-state index in [0.29, 0.717) is 23.0 Å². The number of anilines is 4. The lowest BCUT2D eigenvalue weighted by Crippen LogP contribution is -2.48. The van der Waals surface area contributed by atoms with Crippen LogP contribution in [-0.2, 0) is 0 Å². The third-order valence-corrected chi connectivity index (χ3v) is 6.67. The second-order valence-corrected chi connectivity index (χ2v) is 8.91. The Morgan fingerprint density at radius 2 is 0.886 bits per heavy atom. The average Bonchev–Trinajstić information content (AvgIpc) is 2.93. The number of hydrogen-bond donors (Lipinski definition) is 0. The van der Waals surface area contributed by atoms with Crippen molar-refractivity contribution in [1.82, 2.24) is 15.0 Å². The van der Waals surface area contributed by atoms with Crippen LogP contribution in [0, 0.1) is 0 Å². The number of aromatic nitrogens is 3. The Morgan fingerprint density at radius 1 is 0.543 bits per heavy atom. The van der Waals surface area contributed by atoms with Crippen LogP contribution >= 0.6 is 11.6 Å². The van der Waals surface area contributed by atoms with E-state index in [-0.39, 0.29) is 5.28 Å². The van der Waals surface area contributed by atoms with Gasteiger partial charge >= 0.3 is 0 Å². The van der Waals surface area contributed by atoms with Gasteiger partial charge in [-0.3, -0.25) is 9.59 Å². The first-order chi connectivity index (χ1) is 17.1. The zero-order valence-electron chi connectivity index (χ0n) is 19.3. The minimum absolute atomic E-state index is 0.198. The maximum absolute atomic E-state index is 10.9. The van der Waals surface area contributed by atoms with Crippen molar-refractivity contribution in [3.8, 4) is 0 Å². The topological polar surface area (TPSA) is 85.8 Å². The summed E-state index contributed by atoms with van der Waals surface area (Å²) in [6.07, 6.45) is 1.71. The molecular formula is C25H26ClN7O2. The monoisotopic (exact) mass is 491 g/mol. The summed E-state index contributed by atoms with van der Waals surface area (Å²) >= 11 is 6.30. The van der Waals surface area contributed by atoms with Crippen LogP contribution < -0.4 is 19.6 Å². The molecule has 9 nitrogen and oxygen atoms in total. The number of rotatable bonds is 6. The first-order valence-corrected chi connectivity index (χ1v) is 12.0. The van der Waals surface area contributed by atoms with Crippen molar-refractivity contribution in [2.75, 3.05) is 72.0 Å². The van der Waals surface area contributed by atoms with E-state index < -0.39 is 0 Å². The van der Waals surface area contributed by atoms with Gasteiger partial charge < -0.3 is 19.6 Å². The highest BCUT2D eigenvalue weighted by Gasteiger charge is 2.24.